The van der Waals surface area contributed by atoms with E-state index >= 15 is 0 Å². The Labute approximate surface area is 101 Å². The van der Waals surface area contributed by atoms with Crippen molar-refractivity contribution in [1.82, 2.24) is 10.2 Å². The van der Waals surface area contributed by atoms with E-state index in [1.54, 1.807) is 12.0 Å². The second-order valence-corrected chi connectivity index (χ2v) is 4.23. The summed E-state index contributed by atoms with van der Waals surface area (Å²) in [7, 11) is 1.61. The zero-order valence-electron chi connectivity index (χ0n) is 10.1. The number of hydrogen-bond acceptors (Lipinski definition) is 4. The molecule has 98 valence electrons. The van der Waals surface area contributed by atoms with Crippen molar-refractivity contribution in [1.29, 1.82) is 0 Å². The van der Waals surface area contributed by atoms with E-state index in [-0.39, 0.29) is 25.0 Å². The van der Waals surface area contributed by atoms with Crippen molar-refractivity contribution in [2.75, 3.05) is 33.4 Å². The summed E-state index contributed by atoms with van der Waals surface area (Å²) in [6.45, 7) is 1.29. The molecule has 0 saturated heterocycles. The van der Waals surface area contributed by atoms with Crippen molar-refractivity contribution in [3.63, 3.8) is 0 Å². The summed E-state index contributed by atoms with van der Waals surface area (Å²) in [5.41, 5.74) is 0. The van der Waals surface area contributed by atoms with Crippen molar-refractivity contribution in [3.8, 4) is 0 Å². The summed E-state index contributed by atoms with van der Waals surface area (Å²) in [5.74, 6) is -1.00. The molecule has 0 heterocycles. The number of nitrogens with one attached hydrogen (secondary N) is 1. The number of amides is 1. The van der Waals surface area contributed by atoms with Crippen LogP contribution in [0.4, 0.5) is 0 Å². The van der Waals surface area contributed by atoms with Gasteiger partial charge < -0.3 is 15.2 Å². The van der Waals surface area contributed by atoms with Crippen LogP contribution in [0, 0.1) is 0 Å². The van der Waals surface area contributed by atoms with Crippen LogP contribution < -0.4 is 5.32 Å². The first-order valence-electron chi connectivity index (χ1n) is 5.85. The second kappa shape index (κ2) is 7.24. The fraction of sp³-hybridized carbons (Fsp3) is 0.818. The average molecular weight is 244 g/mol. The number of aliphatic carboxylic acids is 1. The standard InChI is InChI=1S/C11H20N2O4/c1-17-6-2-5-12-10(14)7-13(8-11(15)16)9-3-4-9/h9H,2-8H2,1H3,(H,12,14)(H,15,16). The van der Waals surface area contributed by atoms with Gasteiger partial charge in [0.05, 0.1) is 13.1 Å². The predicted octanol–water partition coefficient (Wildman–Crippen LogP) is -0.312. The van der Waals surface area contributed by atoms with E-state index in [9.17, 15) is 9.59 Å². The molecule has 2 N–H and O–H groups in total. The van der Waals surface area contributed by atoms with E-state index < -0.39 is 5.97 Å². The quantitative estimate of drug-likeness (QED) is 0.544. The maximum atomic E-state index is 11.5. The maximum absolute atomic E-state index is 11.5. The van der Waals surface area contributed by atoms with E-state index in [1.165, 1.54) is 0 Å². The lowest BCUT2D eigenvalue weighted by atomic mass is 10.4. The van der Waals surface area contributed by atoms with Crippen molar-refractivity contribution >= 4 is 11.9 Å². The highest BCUT2D eigenvalue weighted by Gasteiger charge is 2.31. The normalized spacial score (nSPS) is 14.9. The van der Waals surface area contributed by atoms with Gasteiger partial charge in [-0.2, -0.15) is 0 Å². The summed E-state index contributed by atoms with van der Waals surface area (Å²) < 4.78 is 4.87. The Balaban J connectivity index is 2.19. The van der Waals surface area contributed by atoms with E-state index in [0.29, 0.717) is 13.2 Å². The van der Waals surface area contributed by atoms with Crippen LogP contribution in [0.25, 0.3) is 0 Å². The van der Waals surface area contributed by atoms with Crippen molar-refractivity contribution in [3.05, 3.63) is 0 Å². The molecule has 1 amide bonds. The Hall–Kier alpha value is -1.14. The molecule has 6 nitrogen and oxygen atoms in total. The lowest BCUT2D eigenvalue weighted by Gasteiger charge is -2.18. The first kappa shape index (κ1) is 13.9. The molecule has 0 spiro atoms. The first-order valence-corrected chi connectivity index (χ1v) is 5.85. The number of ether oxygens (including phenoxy) is 1. The van der Waals surface area contributed by atoms with E-state index in [2.05, 4.69) is 5.32 Å². The van der Waals surface area contributed by atoms with Crippen LogP contribution >= 0.6 is 0 Å². The fourth-order valence-corrected chi connectivity index (χ4v) is 1.61. The lowest BCUT2D eigenvalue weighted by Crippen LogP contribution is -2.41. The van der Waals surface area contributed by atoms with E-state index in [0.717, 1.165) is 19.3 Å². The Morgan fingerprint density at radius 1 is 1.41 bits per heavy atom. The molecular formula is C11H20N2O4. The van der Waals surface area contributed by atoms with Crippen LogP contribution in [0.2, 0.25) is 0 Å². The van der Waals surface area contributed by atoms with Gasteiger partial charge in [0.15, 0.2) is 0 Å². The number of carboxylic acids is 1. The van der Waals surface area contributed by atoms with Gasteiger partial charge >= 0.3 is 5.97 Å². The number of methoxy groups -OCH3 is 1. The third kappa shape index (κ3) is 6.23. The summed E-state index contributed by atoms with van der Waals surface area (Å²) >= 11 is 0. The van der Waals surface area contributed by atoms with Gasteiger partial charge in [0.2, 0.25) is 5.91 Å². The molecule has 1 aliphatic rings. The number of hydrogen-bond donors (Lipinski definition) is 2. The minimum absolute atomic E-state index is 0.0594. The largest absolute Gasteiger partial charge is 0.480 e. The zero-order chi connectivity index (χ0) is 12.7. The molecule has 0 aliphatic heterocycles. The van der Waals surface area contributed by atoms with Gasteiger partial charge in [0, 0.05) is 26.3 Å². The SMILES string of the molecule is COCCCNC(=O)CN(CC(=O)O)C1CC1. The first-order chi connectivity index (χ1) is 8.13. The highest BCUT2D eigenvalue weighted by molar-refractivity contribution is 5.79. The monoisotopic (exact) mass is 244 g/mol. The number of rotatable bonds is 9. The minimum atomic E-state index is -0.885. The minimum Gasteiger partial charge on any atom is -0.480 e. The van der Waals surface area contributed by atoms with Gasteiger partial charge in [0.25, 0.3) is 0 Å². The Morgan fingerprint density at radius 3 is 2.65 bits per heavy atom. The molecule has 17 heavy (non-hydrogen) atoms. The molecule has 1 fully saturated rings. The van der Waals surface area contributed by atoms with Gasteiger partial charge in [0.1, 0.15) is 0 Å². The zero-order valence-corrected chi connectivity index (χ0v) is 10.1. The number of carboxylic acid groups (broad SMARTS) is 1. The topological polar surface area (TPSA) is 78.9 Å². The molecule has 0 radical (unpaired) electrons. The molecule has 0 aromatic carbocycles. The van der Waals surface area contributed by atoms with Crippen molar-refractivity contribution < 1.29 is 19.4 Å². The third-order valence-electron chi connectivity index (χ3n) is 2.60. The number of nitrogens with zero attached hydrogens (tertiary/aromatic N) is 1. The third-order valence-corrected chi connectivity index (χ3v) is 2.60. The van der Waals surface area contributed by atoms with Crippen LogP contribution in [0.5, 0.6) is 0 Å². The molecule has 1 aliphatic carbocycles. The molecular weight excluding hydrogens is 224 g/mol. The summed E-state index contributed by atoms with van der Waals surface area (Å²) in [4.78, 5) is 23.9. The molecule has 0 atom stereocenters. The molecule has 0 aromatic rings. The molecule has 1 saturated carbocycles. The van der Waals surface area contributed by atoms with Crippen LogP contribution in [0.15, 0.2) is 0 Å². The van der Waals surface area contributed by atoms with Crippen LogP contribution in [0.3, 0.4) is 0 Å². The van der Waals surface area contributed by atoms with Gasteiger partial charge in [-0.15, -0.1) is 0 Å². The second-order valence-electron chi connectivity index (χ2n) is 4.23. The lowest BCUT2D eigenvalue weighted by molar-refractivity contribution is -0.138. The molecule has 1 rings (SSSR count). The summed E-state index contributed by atoms with van der Waals surface area (Å²) in [5, 5.41) is 11.5. The molecule has 0 bridgehead atoms. The maximum Gasteiger partial charge on any atom is 0.317 e. The Kier molecular flexibility index (Phi) is 5.93. The van der Waals surface area contributed by atoms with Crippen molar-refractivity contribution in [2.45, 2.75) is 25.3 Å². The van der Waals surface area contributed by atoms with E-state index in [1.807, 2.05) is 0 Å². The fourth-order valence-electron chi connectivity index (χ4n) is 1.61. The number of carbonyl (C=O) groups is 2. The van der Waals surface area contributed by atoms with Gasteiger partial charge in [-0.05, 0) is 19.3 Å². The summed E-state index contributed by atoms with van der Waals surface area (Å²) in [6.07, 6.45) is 2.75. The Bertz CT molecular complexity index is 266. The highest BCUT2D eigenvalue weighted by Crippen LogP contribution is 2.26. The molecule has 6 heteroatoms. The van der Waals surface area contributed by atoms with E-state index in [4.69, 9.17) is 9.84 Å². The van der Waals surface area contributed by atoms with Gasteiger partial charge in [-0.1, -0.05) is 0 Å². The molecule has 0 unspecified atom stereocenters. The van der Waals surface area contributed by atoms with Crippen LogP contribution in [-0.2, 0) is 14.3 Å². The summed E-state index contributed by atoms with van der Waals surface area (Å²) in [6, 6.07) is 0.274. The smallest absolute Gasteiger partial charge is 0.317 e. The number of carbonyl (C=O) groups excluding carboxylic acids is 1. The highest BCUT2D eigenvalue weighted by atomic mass is 16.5. The van der Waals surface area contributed by atoms with Crippen LogP contribution in [0.1, 0.15) is 19.3 Å². The van der Waals surface area contributed by atoms with Gasteiger partial charge in [-0.3, -0.25) is 14.5 Å². The van der Waals surface area contributed by atoms with Crippen LogP contribution in [-0.4, -0.2) is 61.3 Å². The van der Waals surface area contributed by atoms with Crippen molar-refractivity contribution in [2.24, 2.45) is 0 Å². The Morgan fingerprint density at radius 2 is 2.12 bits per heavy atom. The molecule has 0 aromatic heterocycles. The predicted molar refractivity (Wildman–Crippen MR) is 61.7 cm³/mol. The average Bonchev–Trinajstić information content (AvgIpc) is 3.06. The van der Waals surface area contributed by atoms with Gasteiger partial charge in [-0.25, -0.2) is 0 Å².